The van der Waals surface area contributed by atoms with E-state index in [1.807, 2.05) is 54.6 Å². The number of nitrogens with one attached hydrogen (secondary N) is 5. The van der Waals surface area contributed by atoms with Crippen molar-refractivity contribution in [2.45, 2.75) is 95.0 Å². The smallest absolute Gasteiger partial charge is 0.315 e. The number of rotatable bonds is 18. The number of aromatic nitrogens is 5. The number of H-pyrrole nitrogens is 1. The molecule has 2 saturated heterocycles. The summed E-state index contributed by atoms with van der Waals surface area (Å²) in [7, 11) is 0. The summed E-state index contributed by atoms with van der Waals surface area (Å²) in [5, 5.41) is 17.2. The van der Waals surface area contributed by atoms with Crippen molar-refractivity contribution in [3.05, 3.63) is 65.9 Å². The van der Waals surface area contributed by atoms with E-state index in [9.17, 15) is 14.4 Å². The molecule has 0 saturated carbocycles. The fourth-order valence-corrected chi connectivity index (χ4v) is 10.3. The lowest BCUT2D eigenvalue weighted by molar-refractivity contribution is -0.134. The number of imidazole rings is 1. The lowest BCUT2D eigenvalue weighted by Crippen LogP contribution is -2.36. The average molecular weight is 808 g/mol. The number of fused-ring (bicyclic) bond motifs is 4. The minimum atomic E-state index is -0.264. The van der Waals surface area contributed by atoms with Gasteiger partial charge in [-0.25, -0.2) is 19.7 Å². The molecule has 5 N–H and O–H groups in total. The number of esters is 1. The summed E-state index contributed by atoms with van der Waals surface area (Å²) in [6.07, 6.45) is 10.5. The molecular weight excluding hydrogens is 759 g/mol. The van der Waals surface area contributed by atoms with Crippen molar-refractivity contribution in [2.75, 3.05) is 24.2 Å². The second kappa shape index (κ2) is 17.6. The molecule has 57 heavy (non-hydrogen) atoms. The standard InChI is InChI=1S/C42H49N9O4S2/c1-25(2)51-24-46-38-40(49-39(50-41(38)51)30-22-56-33-11-6-5-10-28(30)33)44-19-17-26-21-45-31-16-15-27(20-29(26)31)55-36(53)14-4-3-9-18-43-35(52)13-8-7-12-34-37-32(23-57-34)47-42(54)48-37/h5-6,10-11,15-16,20-22,24-25,32,34,37,45H,3-4,7-9,12-14,17-19,23H2,1-2H3,(H,43,52)(H,44,49,50)(H2,47,48,54). The fraction of sp³-hybridized carbons (Fsp3) is 0.429. The normalized spacial score (nSPS) is 17.7. The highest BCUT2D eigenvalue weighted by atomic mass is 32.2. The number of benzene rings is 2. The minimum Gasteiger partial charge on any atom is -0.427 e. The number of carbonyl (C=O) groups is 3. The molecule has 0 spiro atoms. The average Bonchev–Trinajstić information content (AvgIpc) is 4.04. The summed E-state index contributed by atoms with van der Waals surface area (Å²) in [6.45, 7) is 5.46. The summed E-state index contributed by atoms with van der Waals surface area (Å²) >= 11 is 3.59. The Morgan fingerprint density at radius 2 is 1.88 bits per heavy atom. The van der Waals surface area contributed by atoms with Crippen molar-refractivity contribution < 1.29 is 19.1 Å². The van der Waals surface area contributed by atoms with Gasteiger partial charge in [0, 0.05) is 81.1 Å². The van der Waals surface area contributed by atoms with Gasteiger partial charge in [-0.3, -0.25) is 9.59 Å². The molecule has 6 aromatic rings. The molecule has 298 valence electrons. The van der Waals surface area contributed by atoms with Gasteiger partial charge < -0.3 is 35.6 Å². The van der Waals surface area contributed by atoms with E-state index in [1.54, 1.807) is 11.3 Å². The topological polar surface area (TPSA) is 168 Å². The second-order valence-electron chi connectivity index (χ2n) is 15.2. The van der Waals surface area contributed by atoms with E-state index in [0.29, 0.717) is 61.4 Å². The van der Waals surface area contributed by atoms with Gasteiger partial charge in [0.05, 0.1) is 18.4 Å². The lowest BCUT2D eigenvalue weighted by Gasteiger charge is -2.16. The number of amides is 3. The number of nitrogens with zero attached hydrogens (tertiary/aromatic N) is 4. The third-order valence-electron chi connectivity index (χ3n) is 10.8. The first kappa shape index (κ1) is 38.7. The number of urea groups is 1. The molecule has 4 aromatic heterocycles. The van der Waals surface area contributed by atoms with E-state index in [-0.39, 0.29) is 36.0 Å². The molecule has 2 aliphatic rings. The Hall–Kier alpha value is -5.15. The van der Waals surface area contributed by atoms with Crippen LogP contribution in [0.4, 0.5) is 10.6 Å². The molecule has 3 atom stereocenters. The quantitative estimate of drug-likeness (QED) is 0.0253. The van der Waals surface area contributed by atoms with E-state index in [2.05, 4.69) is 62.2 Å². The van der Waals surface area contributed by atoms with Crippen LogP contribution >= 0.6 is 23.1 Å². The molecule has 13 nitrogen and oxygen atoms in total. The fourth-order valence-electron chi connectivity index (χ4n) is 7.78. The predicted octanol–water partition coefficient (Wildman–Crippen LogP) is 7.73. The maximum Gasteiger partial charge on any atom is 0.315 e. The Balaban J connectivity index is 0.782. The minimum absolute atomic E-state index is 0.0633. The number of ether oxygens (including phenoxy) is 1. The van der Waals surface area contributed by atoms with Gasteiger partial charge in [-0.1, -0.05) is 31.0 Å². The molecule has 0 radical (unpaired) electrons. The largest absolute Gasteiger partial charge is 0.427 e. The van der Waals surface area contributed by atoms with Gasteiger partial charge in [-0.05, 0) is 75.8 Å². The SMILES string of the molecule is CC(C)n1cnc2c(NCCc3c[nH]c4ccc(OC(=O)CCCCCNC(=O)CCCCC5SCC6NC(=O)NC65)cc34)nc(-c3csc4ccccc34)nc21. The highest BCUT2D eigenvalue weighted by Crippen LogP contribution is 2.35. The van der Waals surface area contributed by atoms with Crippen molar-refractivity contribution in [2.24, 2.45) is 0 Å². The molecule has 6 heterocycles. The summed E-state index contributed by atoms with van der Waals surface area (Å²) < 4.78 is 9.02. The number of aromatic amines is 1. The van der Waals surface area contributed by atoms with Crippen LogP contribution < -0.4 is 26.0 Å². The highest BCUT2D eigenvalue weighted by Gasteiger charge is 2.42. The van der Waals surface area contributed by atoms with Crippen LogP contribution in [0.25, 0.3) is 43.5 Å². The zero-order chi connectivity index (χ0) is 39.3. The number of unbranched alkanes of at least 4 members (excludes halogenated alkanes) is 3. The first-order chi connectivity index (χ1) is 27.8. The molecule has 2 aromatic carbocycles. The molecule has 0 aliphatic carbocycles. The van der Waals surface area contributed by atoms with Crippen molar-refractivity contribution >= 4 is 79.0 Å². The van der Waals surface area contributed by atoms with Crippen LogP contribution in [-0.4, -0.2) is 78.6 Å². The maximum absolute atomic E-state index is 12.7. The van der Waals surface area contributed by atoms with Crippen LogP contribution in [0.1, 0.15) is 76.8 Å². The van der Waals surface area contributed by atoms with E-state index >= 15 is 0 Å². The van der Waals surface area contributed by atoms with Crippen LogP contribution in [0.3, 0.4) is 0 Å². The van der Waals surface area contributed by atoms with Crippen molar-refractivity contribution in [1.29, 1.82) is 0 Å². The third-order valence-corrected chi connectivity index (χ3v) is 13.3. The van der Waals surface area contributed by atoms with Gasteiger partial charge in [0.2, 0.25) is 5.91 Å². The van der Waals surface area contributed by atoms with Crippen molar-refractivity contribution in [3.63, 3.8) is 0 Å². The Labute approximate surface area is 339 Å². The Kier molecular flexibility index (Phi) is 11.9. The van der Waals surface area contributed by atoms with E-state index in [0.717, 1.165) is 76.4 Å². The highest BCUT2D eigenvalue weighted by molar-refractivity contribution is 8.00. The molecule has 0 bridgehead atoms. The zero-order valence-electron chi connectivity index (χ0n) is 32.3. The number of thiophene rings is 1. The third kappa shape index (κ3) is 8.89. The molecule has 2 fully saturated rings. The number of anilines is 1. The number of thioether (sulfide) groups is 1. The van der Waals surface area contributed by atoms with E-state index < -0.39 is 0 Å². The van der Waals surface area contributed by atoms with Crippen LogP contribution in [0.2, 0.25) is 0 Å². The van der Waals surface area contributed by atoms with Crippen molar-refractivity contribution in [3.8, 4) is 17.1 Å². The Morgan fingerprint density at radius 3 is 2.77 bits per heavy atom. The van der Waals surface area contributed by atoms with Gasteiger partial charge in [0.25, 0.3) is 0 Å². The summed E-state index contributed by atoms with van der Waals surface area (Å²) in [4.78, 5) is 54.7. The first-order valence-electron chi connectivity index (χ1n) is 20.0. The molecular formula is C42H49N9O4S2. The maximum atomic E-state index is 12.7. The van der Waals surface area contributed by atoms with Gasteiger partial charge in [0.15, 0.2) is 17.3 Å². The van der Waals surface area contributed by atoms with Crippen LogP contribution in [-0.2, 0) is 16.0 Å². The molecule has 2 aliphatic heterocycles. The molecule has 15 heteroatoms. The van der Waals surface area contributed by atoms with Gasteiger partial charge in [-0.2, -0.15) is 11.8 Å². The summed E-state index contributed by atoms with van der Waals surface area (Å²) in [6, 6.07) is 14.6. The monoisotopic (exact) mass is 807 g/mol. The zero-order valence-corrected chi connectivity index (χ0v) is 33.9. The summed E-state index contributed by atoms with van der Waals surface area (Å²) in [5.74, 6) is 2.65. The van der Waals surface area contributed by atoms with E-state index in [1.165, 1.54) is 4.70 Å². The van der Waals surface area contributed by atoms with Crippen LogP contribution in [0, 0.1) is 0 Å². The predicted molar refractivity (Wildman–Crippen MR) is 228 cm³/mol. The van der Waals surface area contributed by atoms with Crippen molar-refractivity contribution in [1.82, 2.24) is 40.5 Å². The van der Waals surface area contributed by atoms with E-state index in [4.69, 9.17) is 19.7 Å². The van der Waals surface area contributed by atoms with Crippen LogP contribution in [0.5, 0.6) is 5.75 Å². The second-order valence-corrected chi connectivity index (χ2v) is 17.3. The van der Waals surface area contributed by atoms with Gasteiger partial charge >= 0.3 is 12.0 Å². The van der Waals surface area contributed by atoms with Gasteiger partial charge in [-0.15, -0.1) is 11.3 Å². The number of carbonyl (C=O) groups excluding carboxylic acids is 3. The molecule has 3 amide bonds. The number of hydrogen-bond acceptors (Lipinski definition) is 10. The Bertz CT molecular complexity index is 2390. The molecule has 3 unspecified atom stereocenters. The number of hydrogen-bond donors (Lipinski definition) is 5. The van der Waals surface area contributed by atoms with Crippen LogP contribution in [0.15, 0.2) is 60.4 Å². The first-order valence-corrected chi connectivity index (χ1v) is 21.9. The Morgan fingerprint density at radius 1 is 1.00 bits per heavy atom. The van der Waals surface area contributed by atoms with Gasteiger partial charge in [0.1, 0.15) is 11.3 Å². The summed E-state index contributed by atoms with van der Waals surface area (Å²) in [5.41, 5.74) is 4.62. The molecule has 8 rings (SSSR count). The lowest BCUT2D eigenvalue weighted by atomic mass is 10.0.